The summed E-state index contributed by atoms with van der Waals surface area (Å²) in [4.78, 5) is 32.6. The van der Waals surface area contributed by atoms with E-state index in [0.29, 0.717) is 17.9 Å². The topological polar surface area (TPSA) is 194 Å². The maximum absolute atomic E-state index is 13.9. The number of carbonyl (C=O) groups is 2. The Kier molecular flexibility index (Phi) is 14.3. The molecule has 272 valence electrons. The van der Waals surface area contributed by atoms with Crippen molar-refractivity contribution in [3.8, 4) is 0 Å². The van der Waals surface area contributed by atoms with Crippen LogP contribution in [-0.4, -0.2) is 108 Å². The minimum absolute atomic E-state index is 0.0105. The molecule has 16 heteroatoms. The number of nitrogens with one attached hydrogen (secondary N) is 2. The molecule has 3 aromatic rings. The molecular formula is C34H46N6O8S2. The van der Waals surface area contributed by atoms with Crippen LogP contribution < -0.4 is 10.6 Å². The number of benzene rings is 2. The predicted molar refractivity (Wildman–Crippen MR) is 188 cm³/mol. The quantitative estimate of drug-likeness (QED) is 0.0743. The number of aliphatic hydroxyl groups is 2. The molecule has 14 nitrogen and oxygen atoms in total. The van der Waals surface area contributed by atoms with Crippen LogP contribution in [0.5, 0.6) is 0 Å². The van der Waals surface area contributed by atoms with E-state index in [1.165, 1.54) is 65.0 Å². The third kappa shape index (κ3) is 10.8. The van der Waals surface area contributed by atoms with Crippen LogP contribution in [0, 0.1) is 5.92 Å². The number of carbonyl (C=O) groups excluding carboxylic acids is 2. The first-order valence-electron chi connectivity index (χ1n) is 16.3. The van der Waals surface area contributed by atoms with Gasteiger partial charge in [0.1, 0.15) is 11.0 Å². The number of sulfonamides is 1. The molecule has 2 aromatic carbocycles. The largest absolute Gasteiger partial charge is 0.411 e. The number of thiazole rings is 1. The minimum Gasteiger partial charge on any atom is -0.411 e. The molecule has 4 atom stereocenters. The van der Waals surface area contributed by atoms with Crippen LogP contribution in [0.25, 0.3) is 0 Å². The average molecular weight is 731 g/mol. The Balaban J connectivity index is 1.52. The Morgan fingerprint density at radius 2 is 1.82 bits per heavy atom. The predicted octanol–water partition coefficient (Wildman–Crippen LogP) is 2.57. The second-order valence-corrected chi connectivity index (χ2v) is 15.4. The van der Waals surface area contributed by atoms with Crippen molar-refractivity contribution in [1.82, 2.24) is 24.8 Å². The molecule has 5 N–H and O–H groups in total. The summed E-state index contributed by atoms with van der Waals surface area (Å²) in [6.45, 7) is 1.74. The van der Waals surface area contributed by atoms with Crippen molar-refractivity contribution in [1.29, 1.82) is 0 Å². The third-order valence-corrected chi connectivity index (χ3v) is 11.3. The number of hydrogen-bond donors (Lipinski definition) is 5. The van der Waals surface area contributed by atoms with Gasteiger partial charge >= 0.3 is 6.03 Å². The van der Waals surface area contributed by atoms with E-state index in [-0.39, 0.29) is 36.9 Å². The molecule has 4 rings (SSSR count). The highest BCUT2D eigenvalue weighted by Crippen LogP contribution is 2.30. The fourth-order valence-electron chi connectivity index (χ4n) is 5.51. The van der Waals surface area contributed by atoms with Gasteiger partial charge in [-0.3, -0.25) is 4.79 Å². The molecule has 1 aliphatic carbocycles. The molecule has 3 amide bonds. The van der Waals surface area contributed by atoms with E-state index in [1.807, 2.05) is 35.7 Å². The molecule has 1 unspecified atom stereocenters. The number of hydrogen-bond acceptors (Lipinski definition) is 11. The lowest BCUT2D eigenvalue weighted by atomic mass is 9.85. The number of ether oxygens (including phenoxy) is 1. The van der Waals surface area contributed by atoms with E-state index in [1.54, 1.807) is 7.11 Å². The summed E-state index contributed by atoms with van der Waals surface area (Å²) in [7, 11) is -0.976. The number of amides is 3. The molecule has 1 fully saturated rings. The van der Waals surface area contributed by atoms with Crippen molar-refractivity contribution < 1.29 is 38.2 Å². The summed E-state index contributed by atoms with van der Waals surface area (Å²) in [5.74, 6) is -0.616. The lowest BCUT2D eigenvalue weighted by Crippen LogP contribution is -2.59. The van der Waals surface area contributed by atoms with Gasteiger partial charge in [0.25, 0.3) is 0 Å². The van der Waals surface area contributed by atoms with Crippen molar-refractivity contribution in [3.63, 3.8) is 0 Å². The molecule has 0 spiro atoms. The summed E-state index contributed by atoms with van der Waals surface area (Å²) in [5.41, 5.74) is 1.92. The zero-order valence-electron chi connectivity index (χ0n) is 28.4. The number of methoxy groups -OCH3 is 1. The van der Waals surface area contributed by atoms with E-state index < -0.39 is 46.3 Å². The van der Waals surface area contributed by atoms with Gasteiger partial charge in [-0.2, -0.15) is 4.31 Å². The highest BCUT2D eigenvalue weighted by atomic mass is 32.2. The van der Waals surface area contributed by atoms with E-state index in [2.05, 4.69) is 20.8 Å². The van der Waals surface area contributed by atoms with Crippen LogP contribution in [0.1, 0.15) is 48.0 Å². The van der Waals surface area contributed by atoms with Crippen LogP contribution in [0.15, 0.2) is 70.0 Å². The zero-order chi connectivity index (χ0) is 36.3. The standard InChI is InChI=1S/C34H46N6O8S2/c1-23(41)32(38-34(44)39(2)19-27-22-49-31(36-27)21-48-3)33(43)37-29(16-24-8-5-4-6-9-24)30(42)20-40(18-26-10-7-11-26)50(46,47)28-14-12-25(13-15-28)17-35-45/h4-6,8-9,12-15,17,22-23,26,29-30,32,41-42,45H,7,10-11,16,18-21H2,1-3H3,(H,37,43)(H,38,44)/b35-17+/t23-,29-,30?,32+/m0/s1. The Bertz CT molecular complexity index is 1670. The monoisotopic (exact) mass is 730 g/mol. The Hall–Kier alpha value is -3.93. The van der Waals surface area contributed by atoms with Gasteiger partial charge in [-0.05, 0) is 55.4 Å². The number of aromatic nitrogens is 1. The van der Waals surface area contributed by atoms with Crippen molar-refractivity contribution in [2.24, 2.45) is 11.1 Å². The average Bonchev–Trinajstić information content (AvgIpc) is 3.51. The van der Waals surface area contributed by atoms with Gasteiger partial charge in [0.15, 0.2) is 0 Å². The molecule has 0 bridgehead atoms. The molecule has 50 heavy (non-hydrogen) atoms. The van der Waals surface area contributed by atoms with Gasteiger partial charge in [-0.1, -0.05) is 54.0 Å². The fraction of sp³-hybridized carbons (Fsp3) is 0.471. The van der Waals surface area contributed by atoms with E-state index in [9.17, 15) is 28.2 Å². The summed E-state index contributed by atoms with van der Waals surface area (Å²) in [6, 6.07) is 12.0. The van der Waals surface area contributed by atoms with Gasteiger partial charge < -0.3 is 35.7 Å². The van der Waals surface area contributed by atoms with E-state index in [4.69, 9.17) is 9.94 Å². The number of rotatable bonds is 18. The molecule has 1 heterocycles. The second-order valence-electron chi connectivity index (χ2n) is 12.5. The van der Waals surface area contributed by atoms with Crippen LogP contribution in [0.3, 0.4) is 0 Å². The smallest absolute Gasteiger partial charge is 0.318 e. The van der Waals surface area contributed by atoms with Crippen LogP contribution in [0.4, 0.5) is 4.79 Å². The van der Waals surface area contributed by atoms with E-state index in [0.717, 1.165) is 29.8 Å². The van der Waals surface area contributed by atoms with Gasteiger partial charge in [-0.25, -0.2) is 18.2 Å². The molecular weight excluding hydrogens is 685 g/mol. The Morgan fingerprint density at radius 1 is 1.12 bits per heavy atom. The molecule has 1 aliphatic rings. The van der Waals surface area contributed by atoms with Crippen molar-refractivity contribution >= 4 is 39.5 Å². The zero-order valence-corrected chi connectivity index (χ0v) is 30.0. The second kappa shape index (κ2) is 18.3. The molecule has 1 aromatic heterocycles. The fourth-order valence-corrected chi connectivity index (χ4v) is 7.80. The minimum atomic E-state index is -4.08. The number of nitrogens with zero attached hydrogens (tertiary/aromatic N) is 4. The van der Waals surface area contributed by atoms with Gasteiger partial charge in [0.05, 0.1) is 48.2 Å². The third-order valence-electron chi connectivity index (χ3n) is 8.55. The lowest BCUT2D eigenvalue weighted by molar-refractivity contribution is -0.127. The Labute approximate surface area is 296 Å². The first-order valence-corrected chi connectivity index (χ1v) is 18.6. The summed E-state index contributed by atoms with van der Waals surface area (Å²) in [6.07, 6.45) is 1.37. The van der Waals surface area contributed by atoms with Gasteiger partial charge in [-0.15, -0.1) is 11.3 Å². The van der Waals surface area contributed by atoms with E-state index >= 15 is 0 Å². The van der Waals surface area contributed by atoms with Crippen molar-refractivity contribution in [2.45, 2.75) is 74.9 Å². The lowest BCUT2D eigenvalue weighted by Gasteiger charge is -2.35. The number of oxime groups is 1. The SMILES string of the molecule is COCc1nc(CN(C)C(=O)N[C@@H](C(=O)N[C@@H](Cc2ccccc2)C(O)CN(CC2CCC2)S(=O)(=O)c2ccc(/C=N/O)cc2)[C@H](C)O)cs1. The highest BCUT2D eigenvalue weighted by molar-refractivity contribution is 7.89. The first-order chi connectivity index (χ1) is 23.9. The molecule has 1 saturated carbocycles. The maximum Gasteiger partial charge on any atom is 0.318 e. The Morgan fingerprint density at radius 3 is 2.42 bits per heavy atom. The summed E-state index contributed by atoms with van der Waals surface area (Å²) in [5, 5.41) is 42.0. The highest BCUT2D eigenvalue weighted by Gasteiger charge is 2.35. The molecule has 0 radical (unpaired) electrons. The number of aliphatic hydroxyl groups excluding tert-OH is 2. The molecule has 0 saturated heterocycles. The van der Waals surface area contributed by atoms with Crippen LogP contribution >= 0.6 is 11.3 Å². The van der Waals surface area contributed by atoms with Crippen molar-refractivity contribution in [3.05, 3.63) is 81.8 Å². The summed E-state index contributed by atoms with van der Waals surface area (Å²) < 4.78 is 34.2. The normalized spacial score (nSPS) is 16.0. The molecule has 0 aliphatic heterocycles. The maximum atomic E-state index is 13.9. The van der Waals surface area contributed by atoms with Crippen LogP contribution in [0.2, 0.25) is 0 Å². The first kappa shape index (κ1) is 38.9. The van der Waals surface area contributed by atoms with Gasteiger partial charge in [0.2, 0.25) is 15.9 Å². The summed E-state index contributed by atoms with van der Waals surface area (Å²) >= 11 is 1.40. The van der Waals surface area contributed by atoms with Crippen molar-refractivity contribution in [2.75, 3.05) is 27.2 Å². The van der Waals surface area contributed by atoms with Crippen LogP contribution in [-0.2, 0) is 39.1 Å². The number of urea groups is 1. The van der Waals surface area contributed by atoms with Gasteiger partial charge in [0, 0.05) is 32.6 Å².